The van der Waals surface area contributed by atoms with Crippen LogP contribution in [0.4, 0.5) is 0 Å². The van der Waals surface area contributed by atoms with Gasteiger partial charge in [0.2, 0.25) is 0 Å². The van der Waals surface area contributed by atoms with E-state index < -0.39 is 0 Å². The molecule has 0 saturated carbocycles. The third-order valence-corrected chi connectivity index (χ3v) is 6.56. The van der Waals surface area contributed by atoms with Crippen LogP contribution in [0.15, 0.2) is 40.7 Å². The van der Waals surface area contributed by atoms with Gasteiger partial charge < -0.3 is 20.1 Å². The Morgan fingerprint density at radius 1 is 1.23 bits per heavy atom. The van der Waals surface area contributed by atoms with E-state index in [4.69, 9.17) is 14.5 Å². The second kappa shape index (κ2) is 13.1. The number of halogens is 1. The number of benzene rings is 1. The summed E-state index contributed by atoms with van der Waals surface area (Å²) in [6, 6.07) is 10.7. The van der Waals surface area contributed by atoms with Crippen molar-refractivity contribution >= 4 is 41.3 Å². The summed E-state index contributed by atoms with van der Waals surface area (Å²) in [5.74, 6) is 2.97. The Balaban J connectivity index is 0.00000341. The summed E-state index contributed by atoms with van der Waals surface area (Å²) in [4.78, 5) is 8.75. The number of thiophene rings is 1. The number of piperidine rings is 1. The Morgan fingerprint density at radius 3 is 2.74 bits per heavy atom. The summed E-state index contributed by atoms with van der Waals surface area (Å²) < 4.78 is 10.8. The highest BCUT2D eigenvalue weighted by Crippen LogP contribution is 2.36. The molecule has 3 rings (SSSR count). The van der Waals surface area contributed by atoms with Gasteiger partial charge in [0.25, 0.3) is 0 Å². The zero-order valence-corrected chi connectivity index (χ0v) is 22.0. The standard InChI is InChI=1S/C23H34N4O2S.HI/c1-5-24-23(25-15-17-10-11-19(28-3)14-20(17)29-4)26-16-18-8-6-12-27(2)22(18)21-9-7-13-30-21;/h7,9-11,13-14,18,22H,5-6,8,12,15-16H2,1-4H3,(H2,24,25,26);1H. The van der Waals surface area contributed by atoms with Gasteiger partial charge in [-0.15, -0.1) is 35.3 Å². The average Bonchev–Trinajstić information content (AvgIpc) is 3.30. The summed E-state index contributed by atoms with van der Waals surface area (Å²) in [7, 11) is 5.58. The van der Waals surface area contributed by atoms with E-state index in [0.717, 1.165) is 42.7 Å². The van der Waals surface area contributed by atoms with E-state index >= 15 is 0 Å². The SMILES string of the molecule is CCNC(=NCc1ccc(OC)cc1OC)NCC1CCCN(C)C1c1cccs1.I. The fourth-order valence-corrected chi connectivity index (χ4v) is 5.08. The molecule has 6 nitrogen and oxygen atoms in total. The fourth-order valence-electron chi connectivity index (χ4n) is 4.10. The molecule has 172 valence electrons. The molecular weight excluding hydrogens is 523 g/mol. The lowest BCUT2D eigenvalue weighted by Crippen LogP contribution is -2.44. The highest BCUT2D eigenvalue weighted by molar-refractivity contribution is 14.0. The lowest BCUT2D eigenvalue weighted by Gasteiger charge is -2.39. The van der Waals surface area contributed by atoms with Gasteiger partial charge in [-0.25, -0.2) is 4.99 Å². The van der Waals surface area contributed by atoms with Crippen LogP contribution >= 0.6 is 35.3 Å². The first-order chi connectivity index (χ1) is 14.7. The molecule has 8 heteroatoms. The minimum atomic E-state index is 0. The van der Waals surface area contributed by atoms with Crippen LogP contribution in [0.3, 0.4) is 0 Å². The average molecular weight is 559 g/mol. The van der Waals surface area contributed by atoms with Gasteiger partial charge in [0.05, 0.1) is 20.8 Å². The van der Waals surface area contributed by atoms with Crippen LogP contribution in [0.25, 0.3) is 0 Å². The molecule has 31 heavy (non-hydrogen) atoms. The molecule has 0 aliphatic carbocycles. The fraction of sp³-hybridized carbons (Fsp3) is 0.522. The van der Waals surface area contributed by atoms with Gasteiger partial charge in [0.15, 0.2) is 5.96 Å². The smallest absolute Gasteiger partial charge is 0.191 e. The Kier molecular flexibility index (Phi) is 10.9. The Morgan fingerprint density at radius 2 is 2.06 bits per heavy atom. The van der Waals surface area contributed by atoms with Crippen molar-refractivity contribution in [3.05, 3.63) is 46.2 Å². The van der Waals surface area contributed by atoms with Crippen molar-refractivity contribution in [3.8, 4) is 11.5 Å². The molecule has 2 aromatic rings. The van der Waals surface area contributed by atoms with E-state index in [2.05, 4.69) is 47.0 Å². The molecule has 1 saturated heterocycles. The second-order valence-corrected chi connectivity index (χ2v) is 8.58. The molecule has 1 aliphatic rings. The lowest BCUT2D eigenvalue weighted by molar-refractivity contribution is 0.125. The molecule has 0 amide bonds. The van der Waals surface area contributed by atoms with Crippen molar-refractivity contribution in [1.29, 1.82) is 0 Å². The summed E-state index contributed by atoms with van der Waals surface area (Å²) in [5, 5.41) is 9.14. The highest BCUT2D eigenvalue weighted by Gasteiger charge is 2.31. The number of hydrogen-bond donors (Lipinski definition) is 2. The van der Waals surface area contributed by atoms with E-state index in [9.17, 15) is 0 Å². The van der Waals surface area contributed by atoms with Gasteiger partial charge in [-0.2, -0.15) is 0 Å². The summed E-state index contributed by atoms with van der Waals surface area (Å²) >= 11 is 1.86. The first kappa shape index (κ1) is 25.7. The van der Waals surface area contributed by atoms with Gasteiger partial charge in [0.1, 0.15) is 11.5 Å². The highest BCUT2D eigenvalue weighted by atomic mass is 127. The number of rotatable bonds is 8. The molecule has 2 heterocycles. The van der Waals surface area contributed by atoms with Crippen LogP contribution in [0.2, 0.25) is 0 Å². The molecule has 0 radical (unpaired) electrons. The normalized spacial score (nSPS) is 19.4. The number of ether oxygens (including phenoxy) is 2. The van der Waals surface area contributed by atoms with E-state index in [-0.39, 0.29) is 24.0 Å². The van der Waals surface area contributed by atoms with E-state index in [0.29, 0.717) is 18.5 Å². The molecular formula is C23H35IN4O2S. The minimum Gasteiger partial charge on any atom is -0.497 e. The molecule has 0 spiro atoms. The first-order valence-electron chi connectivity index (χ1n) is 10.6. The molecule has 1 fully saturated rings. The number of nitrogens with zero attached hydrogens (tertiary/aromatic N) is 2. The quantitative estimate of drug-likeness (QED) is 0.284. The number of aliphatic imine (C=N–C) groups is 1. The van der Waals surface area contributed by atoms with Crippen molar-refractivity contribution in [2.75, 3.05) is 40.9 Å². The van der Waals surface area contributed by atoms with Gasteiger partial charge >= 0.3 is 0 Å². The Hall–Kier alpha value is -1.52. The Bertz CT molecular complexity index is 816. The van der Waals surface area contributed by atoms with Crippen LogP contribution in [-0.4, -0.2) is 51.8 Å². The van der Waals surface area contributed by atoms with E-state index in [1.165, 1.54) is 17.7 Å². The maximum atomic E-state index is 5.51. The van der Waals surface area contributed by atoms with Gasteiger partial charge in [-0.3, -0.25) is 4.90 Å². The van der Waals surface area contributed by atoms with Crippen molar-refractivity contribution in [2.24, 2.45) is 10.9 Å². The lowest BCUT2D eigenvalue weighted by atomic mass is 9.88. The van der Waals surface area contributed by atoms with Crippen molar-refractivity contribution in [3.63, 3.8) is 0 Å². The van der Waals surface area contributed by atoms with Crippen molar-refractivity contribution in [2.45, 2.75) is 32.4 Å². The predicted molar refractivity (Wildman–Crippen MR) is 140 cm³/mol. The molecule has 1 aliphatic heterocycles. The number of nitrogens with one attached hydrogen (secondary N) is 2. The van der Waals surface area contributed by atoms with Crippen LogP contribution in [0, 0.1) is 5.92 Å². The zero-order valence-electron chi connectivity index (χ0n) is 18.9. The van der Waals surface area contributed by atoms with E-state index in [1.807, 2.05) is 29.5 Å². The topological polar surface area (TPSA) is 58.1 Å². The summed E-state index contributed by atoms with van der Waals surface area (Å²) in [5.41, 5.74) is 1.03. The Labute approximate surface area is 207 Å². The van der Waals surface area contributed by atoms with Crippen molar-refractivity contribution < 1.29 is 9.47 Å². The van der Waals surface area contributed by atoms with E-state index in [1.54, 1.807) is 14.2 Å². The van der Waals surface area contributed by atoms with Gasteiger partial charge in [-0.1, -0.05) is 6.07 Å². The third-order valence-electron chi connectivity index (χ3n) is 5.62. The number of guanidine groups is 1. The molecule has 0 bridgehead atoms. The van der Waals surface area contributed by atoms with Crippen LogP contribution in [0.1, 0.15) is 36.2 Å². The first-order valence-corrected chi connectivity index (χ1v) is 11.5. The largest absolute Gasteiger partial charge is 0.497 e. The zero-order chi connectivity index (χ0) is 21.3. The minimum absolute atomic E-state index is 0. The third kappa shape index (κ3) is 6.98. The van der Waals surface area contributed by atoms with Gasteiger partial charge in [-0.05, 0) is 62.9 Å². The maximum Gasteiger partial charge on any atom is 0.191 e. The summed E-state index contributed by atoms with van der Waals surface area (Å²) in [6.45, 7) is 5.52. The number of methoxy groups -OCH3 is 2. The van der Waals surface area contributed by atoms with Crippen LogP contribution in [0.5, 0.6) is 11.5 Å². The van der Waals surface area contributed by atoms with Crippen LogP contribution in [-0.2, 0) is 6.54 Å². The number of likely N-dealkylation sites (tertiary alicyclic amines) is 1. The molecule has 1 aromatic carbocycles. The molecule has 1 aromatic heterocycles. The predicted octanol–water partition coefficient (Wildman–Crippen LogP) is 4.52. The molecule has 2 atom stereocenters. The van der Waals surface area contributed by atoms with Gasteiger partial charge in [0, 0.05) is 35.6 Å². The summed E-state index contributed by atoms with van der Waals surface area (Å²) in [6.07, 6.45) is 2.47. The van der Waals surface area contributed by atoms with Crippen molar-refractivity contribution in [1.82, 2.24) is 15.5 Å². The van der Waals surface area contributed by atoms with Crippen LogP contribution < -0.4 is 20.1 Å². The molecule has 2 unspecified atom stereocenters. The number of hydrogen-bond acceptors (Lipinski definition) is 5. The monoisotopic (exact) mass is 558 g/mol. The maximum absolute atomic E-state index is 5.51. The molecule has 2 N–H and O–H groups in total. The second-order valence-electron chi connectivity index (χ2n) is 7.60.